The number of carboxylic acids is 1. The second-order valence-corrected chi connectivity index (χ2v) is 5.66. The third-order valence-corrected chi connectivity index (χ3v) is 4.32. The van der Waals surface area contributed by atoms with Crippen LogP contribution in [0.2, 0.25) is 0 Å². The smallest absolute Gasteiger partial charge is 0.308 e. The highest BCUT2D eigenvalue weighted by Crippen LogP contribution is 2.25. The Hall–Kier alpha value is -1.56. The van der Waals surface area contributed by atoms with E-state index in [0.717, 1.165) is 19.3 Å². The lowest BCUT2D eigenvalue weighted by atomic mass is 9.84. The Morgan fingerprint density at radius 3 is 2.85 bits per heavy atom. The number of nitrogens with zero attached hydrogens (tertiary/aromatic N) is 1. The van der Waals surface area contributed by atoms with Gasteiger partial charge in [-0.25, -0.2) is 4.98 Å². The number of thioether (sulfide) groups is 1. The number of nitrogens with one attached hydrogen (secondary N) is 1. The zero-order valence-electron chi connectivity index (χ0n) is 11.3. The van der Waals surface area contributed by atoms with Gasteiger partial charge in [0.25, 0.3) is 5.91 Å². The minimum atomic E-state index is -0.828. The minimum absolute atomic E-state index is 0.236. The zero-order valence-corrected chi connectivity index (χ0v) is 12.2. The molecule has 2 atom stereocenters. The average Bonchev–Trinajstić information content (AvgIpc) is 2.47. The van der Waals surface area contributed by atoms with Crippen molar-refractivity contribution in [3.8, 4) is 0 Å². The summed E-state index contributed by atoms with van der Waals surface area (Å²) in [6.07, 6.45) is 6.72. The quantitative estimate of drug-likeness (QED) is 0.832. The summed E-state index contributed by atoms with van der Waals surface area (Å²) in [5.41, 5.74) is 0.509. The largest absolute Gasteiger partial charge is 0.481 e. The molecule has 1 saturated carbocycles. The zero-order chi connectivity index (χ0) is 14.5. The maximum absolute atomic E-state index is 12.3. The highest BCUT2D eigenvalue weighted by atomic mass is 32.2. The van der Waals surface area contributed by atoms with Crippen LogP contribution < -0.4 is 5.32 Å². The van der Waals surface area contributed by atoms with E-state index in [0.29, 0.717) is 17.0 Å². The summed E-state index contributed by atoms with van der Waals surface area (Å²) in [5.74, 6) is -1.55. The molecule has 2 unspecified atom stereocenters. The SMILES string of the molecule is CSc1ncccc1C(=O)NC1CCCCC1C(=O)O. The molecule has 108 valence electrons. The van der Waals surface area contributed by atoms with Crippen LogP contribution in [0.25, 0.3) is 0 Å². The first-order valence-corrected chi connectivity index (χ1v) is 7.88. The predicted molar refractivity (Wildman–Crippen MR) is 76.9 cm³/mol. The molecule has 2 N–H and O–H groups in total. The van der Waals surface area contributed by atoms with E-state index < -0.39 is 11.9 Å². The van der Waals surface area contributed by atoms with Gasteiger partial charge in [0.05, 0.1) is 11.5 Å². The van der Waals surface area contributed by atoms with E-state index in [1.807, 2.05) is 6.26 Å². The van der Waals surface area contributed by atoms with Crippen molar-refractivity contribution in [3.63, 3.8) is 0 Å². The molecule has 1 aliphatic carbocycles. The highest BCUT2D eigenvalue weighted by molar-refractivity contribution is 7.98. The standard InChI is InChI=1S/C14H18N2O3S/c1-20-13-10(6-4-8-15-13)12(17)16-11-7-3-2-5-9(11)14(18)19/h4,6,8-9,11H,2-3,5,7H2,1H3,(H,16,17)(H,18,19). The van der Waals surface area contributed by atoms with Crippen molar-refractivity contribution in [2.75, 3.05) is 6.26 Å². The highest BCUT2D eigenvalue weighted by Gasteiger charge is 2.32. The van der Waals surface area contributed by atoms with E-state index in [1.165, 1.54) is 11.8 Å². The summed E-state index contributed by atoms with van der Waals surface area (Å²) in [7, 11) is 0. The summed E-state index contributed by atoms with van der Waals surface area (Å²) < 4.78 is 0. The molecule has 0 aliphatic heterocycles. The number of aliphatic carboxylic acids is 1. The van der Waals surface area contributed by atoms with E-state index in [4.69, 9.17) is 0 Å². The molecule has 6 heteroatoms. The molecule has 0 aromatic carbocycles. The van der Waals surface area contributed by atoms with Crippen molar-refractivity contribution in [1.82, 2.24) is 10.3 Å². The molecule has 20 heavy (non-hydrogen) atoms. The predicted octanol–water partition coefficient (Wildman–Crippen LogP) is 2.18. The van der Waals surface area contributed by atoms with Crippen molar-refractivity contribution < 1.29 is 14.7 Å². The molecule has 0 bridgehead atoms. The molecule has 1 amide bonds. The molecule has 0 radical (unpaired) electrons. The van der Waals surface area contributed by atoms with Crippen LogP contribution >= 0.6 is 11.8 Å². The van der Waals surface area contributed by atoms with Crippen molar-refractivity contribution in [3.05, 3.63) is 23.9 Å². The van der Waals surface area contributed by atoms with Crippen LogP contribution in [0.4, 0.5) is 0 Å². The van der Waals surface area contributed by atoms with Crippen molar-refractivity contribution >= 4 is 23.6 Å². The lowest BCUT2D eigenvalue weighted by molar-refractivity contribution is -0.143. The van der Waals surface area contributed by atoms with Crippen LogP contribution in [0, 0.1) is 5.92 Å². The van der Waals surface area contributed by atoms with Crippen molar-refractivity contribution in [2.24, 2.45) is 5.92 Å². The molecule has 1 heterocycles. The summed E-state index contributed by atoms with van der Waals surface area (Å²) >= 11 is 1.40. The monoisotopic (exact) mass is 294 g/mol. The number of carboxylic acid groups (broad SMARTS) is 1. The maximum Gasteiger partial charge on any atom is 0.308 e. The third kappa shape index (κ3) is 3.30. The van der Waals surface area contributed by atoms with Gasteiger partial charge in [0, 0.05) is 12.2 Å². The van der Waals surface area contributed by atoms with Crippen LogP contribution in [0.3, 0.4) is 0 Å². The number of aromatic nitrogens is 1. The Bertz CT molecular complexity index is 507. The summed E-state index contributed by atoms with van der Waals surface area (Å²) in [6, 6.07) is 3.14. The minimum Gasteiger partial charge on any atom is -0.481 e. The van der Waals surface area contributed by atoms with Gasteiger partial charge in [-0.3, -0.25) is 9.59 Å². The fourth-order valence-electron chi connectivity index (χ4n) is 2.57. The Balaban J connectivity index is 2.11. The Kier molecular flexibility index (Phi) is 5.00. The van der Waals surface area contributed by atoms with Crippen LogP contribution in [0.1, 0.15) is 36.0 Å². The van der Waals surface area contributed by atoms with Crippen LogP contribution in [-0.4, -0.2) is 34.3 Å². The second kappa shape index (κ2) is 6.74. The first-order valence-electron chi connectivity index (χ1n) is 6.66. The Morgan fingerprint density at radius 1 is 1.40 bits per heavy atom. The molecule has 0 saturated heterocycles. The van der Waals surface area contributed by atoms with Gasteiger partial charge < -0.3 is 10.4 Å². The van der Waals surface area contributed by atoms with Crippen LogP contribution in [-0.2, 0) is 4.79 Å². The lowest BCUT2D eigenvalue weighted by Gasteiger charge is -2.29. The number of carbonyl (C=O) groups is 2. The molecule has 1 aliphatic rings. The topological polar surface area (TPSA) is 79.3 Å². The number of hydrogen-bond acceptors (Lipinski definition) is 4. The lowest BCUT2D eigenvalue weighted by Crippen LogP contribution is -2.45. The average molecular weight is 294 g/mol. The number of amides is 1. The number of hydrogen-bond donors (Lipinski definition) is 2. The molecule has 1 aromatic heterocycles. The second-order valence-electron chi connectivity index (χ2n) is 4.87. The third-order valence-electron chi connectivity index (χ3n) is 3.61. The molecule has 1 aromatic rings. The van der Waals surface area contributed by atoms with Gasteiger partial charge in [-0.1, -0.05) is 12.8 Å². The fraction of sp³-hybridized carbons (Fsp3) is 0.500. The number of carbonyl (C=O) groups excluding carboxylic acids is 1. The molecule has 1 fully saturated rings. The molecule has 0 spiro atoms. The summed E-state index contributed by atoms with van der Waals surface area (Å²) in [4.78, 5) is 27.7. The summed E-state index contributed by atoms with van der Waals surface area (Å²) in [5, 5.41) is 12.8. The van der Waals surface area contributed by atoms with Crippen molar-refractivity contribution in [1.29, 1.82) is 0 Å². The van der Waals surface area contributed by atoms with Gasteiger partial charge in [0.2, 0.25) is 0 Å². The van der Waals surface area contributed by atoms with E-state index in [-0.39, 0.29) is 11.9 Å². The molecular weight excluding hydrogens is 276 g/mol. The van der Waals surface area contributed by atoms with Gasteiger partial charge in [0.1, 0.15) is 5.03 Å². The Labute approximate surface area is 122 Å². The van der Waals surface area contributed by atoms with Gasteiger partial charge in [0.15, 0.2) is 0 Å². The first kappa shape index (κ1) is 14.8. The van der Waals surface area contributed by atoms with Gasteiger partial charge in [-0.05, 0) is 31.2 Å². The summed E-state index contributed by atoms with van der Waals surface area (Å²) in [6.45, 7) is 0. The number of rotatable bonds is 4. The van der Waals surface area contributed by atoms with E-state index in [9.17, 15) is 14.7 Å². The van der Waals surface area contributed by atoms with Gasteiger partial charge in [-0.2, -0.15) is 0 Å². The van der Waals surface area contributed by atoms with E-state index >= 15 is 0 Å². The first-order chi connectivity index (χ1) is 9.63. The molecule has 5 nitrogen and oxygen atoms in total. The van der Waals surface area contributed by atoms with Gasteiger partial charge in [-0.15, -0.1) is 11.8 Å². The maximum atomic E-state index is 12.3. The fourth-order valence-corrected chi connectivity index (χ4v) is 3.12. The van der Waals surface area contributed by atoms with Crippen molar-refractivity contribution in [2.45, 2.75) is 36.8 Å². The molecular formula is C14H18N2O3S. The normalized spacial score (nSPS) is 22.2. The molecule has 2 rings (SSSR count). The van der Waals surface area contributed by atoms with E-state index in [2.05, 4.69) is 10.3 Å². The van der Waals surface area contributed by atoms with Crippen LogP contribution in [0.15, 0.2) is 23.4 Å². The van der Waals surface area contributed by atoms with Crippen LogP contribution in [0.5, 0.6) is 0 Å². The van der Waals surface area contributed by atoms with E-state index in [1.54, 1.807) is 18.3 Å². The van der Waals surface area contributed by atoms with Gasteiger partial charge >= 0.3 is 5.97 Å². The Morgan fingerprint density at radius 2 is 2.15 bits per heavy atom. The number of pyridine rings is 1.